The average molecular weight is 240 g/mol. The quantitative estimate of drug-likeness (QED) is 0.788. The van der Waals surface area contributed by atoms with Crippen molar-refractivity contribution in [3.63, 3.8) is 0 Å². The topological polar surface area (TPSA) is 40.5 Å². The molecule has 92 valence electrons. The normalized spacial score (nSPS) is 10.5. The van der Waals surface area contributed by atoms with E-state index < -0.39 is 7.12 Å². The molecule has 2 N–H and O–H groups in total. The van der Waals surface area contributed by atoms with Crippen LogP contribution in [0.4, 0.5) is 0 Å². The molecular weight excluding hydrogens is 223 g/mol. The lowest BCUT2D eigenvalue weighted by Crippen LogP contribution is -2.31. The summed E-state index contributed by atoms with van der Waals surface area (Å²) in [7, 11) is -1.44. The molecule has 0 fully saturated rings. The van der Waals surface area contributed by atoms with Crippen molar-refractivity contribution >= 4 is 12.6 Å². The Bertz CT molecular complexity index is 553. The van der Waals surface area contributed by atoms with Crippen molar-refractivity contribution in [3.05, 3.63) is 53.1 Å². The Morgan fingerprint density at radius 2 is 1.44 bits per heavy atom. The molecule has 0 unspecified atom stereocenters. The first kappa shape index (κ1) is 12.9. The molecule has 0 bridgehead atoms. The third kappa shape index (κ3) is 2.33. The summed E-state index contributed by atoms with van der Waals surface area (Å²) in [6, 6.07) is 11.6. The summed E-state index contributed by atoms with van der Waals surface area (Å²) >= 11 is 0. The molecule has 0 saturated heterocycles. The predicted octanol–water partition coefficient (Wildman–Crippen LogP) is 1.96. The predicted molar refractivity (Wildman–Crippen MR) is 75.9 cm³/mol. The Hall–Kier alpha value is -1.58. The van der Waals surface area contributed by atoms with Gasteiger partial charge in [-0.2, -0.15) is 0 Å². The summed E-state index contributed by atoms with van der Waals surface area (Å²) in [6.45, 7) is 6.17. The first-order valence-electron chi connectivity index (χ1n) is 6.04. The second kappa shape index (κ2) is 4.97. The van der Waals surface area contributed by atoms with Crippen molar-refractivity contribution in [1.82, 2.24) is 0 Å². The first-order valence-corrected chi connectivity index (χ1v) is 6.04. The van der Waals surface area contributed by atoms with Crippen molar-refractivity contribution in [1.29, 1.82) is 0 Å². The molecule has 0 atom stereocenters. The Labute approximate surface area is 108 Å². The van der Waals surface area contributed by atoms with Crippen LogP contribution >= 0.6 is 0 Å². The molecule has 0 amide bonds. The standard InChI is InChI=1S/C15H17BO2/c1-10-8-11(2)15(12(3)9-10)13-6-4-5-7-14(13)16(17)18/h4-9,17-18H,1-3H3. The molecular formula is C15H17BO2. The molecule has 2 aromatic carbocycles. The molecule has 18 heavy (non-hydrogen) atoms. The van der Waals surface area contributed by atoms with Gasteiger partial charge in [-0.05, 0) is 48.5 Å². The van der Waals surface area contributed by atoms with Crippen molar-refractivity contribution in [2.45, 2.75) is 20.8 Å². The van der Waals surface area contributed by atoms with Crippen molar-refractivity contribution in [2.75, 3.05) is 0 Å². The Balaban J connectivity index is 2.70. The van der Waals surface area contributed by atoms with Gasteiger partial charge < -0.3 is 10.0 Å². The van der Waals surface area contributed by atoms with Crippen molar-refractivity contribution < 1.29 is 10.0 Å². The van der Waals surface area contributed by atoms with Gasteiger partial charge in [-0.25, -0.2) is 0 Å². The third-order valence-corrected chi connectivity index (χ3v) is 3.19. The number of rotatable bonds is 2. The van der Waals surface area contributed by atoms with Crippen LogP contribution in [0.25, 0.3) is 11.1 Å². The second-order valence-corrected chi connectivity index (χ2v) is 4.73. The van der Waals surface area contributed by atoms with E-state index in [4.69, 9.17) is 0 Å². The van der Waals surface area contributed by atoms with Crippen LogP contribution in [0.3, 0.4) is 0 Å². The lowest BCUT2D eigenvalue weighted by atomic mass is 9.74. The molecule has 0 aliphatic heterocycles. The minimum absolute atomic E-state index is 0.549. The summed E-state index contributed by atoms with van der Waals surface area (Å²) in [5.74, 6) is 0. The lowest BCUT2D eigenvalue weighted by molar-refractivity contribution is 0.426. The maximum absolute atomic E-state index is 9.46. The van der Waals surface area contributed by atoms with E-state index >= 15 is 0 Å². The fourth-order valence-corrected chi connectivity index (χ4v) is 2.55. The molecule has 3 heteroatoms. The molecule has 0 saturated carbocycles. The summed E-state index contributed by atoms with van der Waals surface area (Å²) in [4.78, 5) is 0. The Morgan fingerprint density at radius 3 is 2.00 bits per heavy atom. The SMILES string of the molecule is Cc1cc(C)c(-c2ccccc2B(O)O)c(C)c1. The zero-order chi connectivity index (χ0) is 13.3. The highest BCUT2D eigenvalue weighted by Crippen LogP contribution is 2.27. The van der Waals surface area contributed by atoms with E-state index in [1.165, 1.54) is 5.56 Å². The second-order valence-electron chi connectivity index (χ2n) is 4.73. The number of aryl methyl sites for hydroxylation is 3. The van der Waals surface area contributed by atoms with Gasteiger partial charge in [0, 0.05) is 0 Å². The fraction of sp³-hybridized carbons (Fsp3) is 0.200. The highest BCUT2D eigenvalue weighted by atomic mass is 16.4. The smallest absolute Gasteiger partial charge is 0.423 e. The number of hydrogen-bond donors (Lipinski definition) is 2. The van der Waals surface area contributed by atoms with Gasteiger partial charge in [0.1, 0.15) is 0 Å². The van der Waals surface area contributed by atoms with Crippen LogP contribution in [0.1, 0.15) is 16.7 Å². The van der Waals surface area contributed by atoms with Crippen molar-refractivity contribution in [3.8, 4) is 11.1 Å². The zero-order valence-electron chi connectivity index (χ0n) is 10.9. The van der Waals surface area contributed by atoms with Crippen LogP contribution in [-0.2, 0) is 0 Å². The van der Waals surface area contributed by atoms with Gasteiger partial charge in [-0.1, -0.05) is 42.0 Å². The van der Waals surface area contributed by atoms with Gasteiger partial charge >= 0.3 is 7.12 Å². The van der Waals surface area contributed by atoms with E-state index in [1.54, 1.807) is 6.07 Å². The average Bonchev–Trinajstić information content (AvgIpc) is 2.28. The first-order chi connectivity index (χ1) is 8.50. The monoisotopic (exact) mass is 240 g/mol. The number of hydrogen-bond acceptors (Lipinski definition) is 2. The summed E-state index contributed by atoms with van der Waals surface area (Å²) in [5.41, 5.74) is 6.05. The highest BCUT2D eigenvalue weighted by Gasteiger charge is 2.18. The van der Waals surface area contributed by atoms with Crippen LogP contribution in [0.15, 0.2) is 36.4 Å². The molecule has 0 aliphatic carbocycles. The molecule has 0 radical (unpaired) electrons. The molecule has 0 spiro atoms. The van der Waals surface area contributed by atoms with Crippen LogP contribution < -0.4 is 5.46 Å². The summed E-state index contributed by atoms with van der Waals surface area (Å²) in [6.07, 6.45) is 0. The van der Waals surface area contributed by atoms with Crippen molar-refractivity contribution in [2.24, 2.45) is 0 Å². The zero-order valence-corrected chi connectivity index (χ0v) is 10.9. The van der Waals surface area contributed by atoms with E-state index in [0.29, 0.717) is 5.46 Å². The third-order valence-electron chi connectivity index (χ3n) is 3.19. The maximum atomic E-state index is 9.46. The molecule has 2 nitrogen and oxygen atoms in total. The summed E-state index contributed by atoms with van der Waals surface area (Å²) < 4.78 is 0. The Kier molecular flexibility index (Phi) is 3.55. The van der Waals surface area contributed by atoms with Gasteiger partial charge in [0.2, 0.25) is 0 Å². The molecule has 0 heterocycles. The number of benzene rings is 2. The van der Waals surface area contributed by atoms with Crippen LogP contribution in [0.5, 0.6) is 0 Å². The lowest BCUT2D eigenvalue weighted by Gasteiger charge is -2.15. The van der Waals surface area contributed by atoms with Crippen LogP contribution in [0.2, 0.25) is 0 Å². The van der Waals surface area contributed by atoms with E-state index in [2.05, 4.69) is 32.9 Å². The molecule has 2 aromatic rings. The largest absolute Gasteiger partial charge is 0.489 e. The molecule has 0 aliphatic rings. The van der Waals surface area contributed by atoms with Crippen LogP contribution in [-0.4, -0.2) is 17.2 Å². The van der Waals surface area contributed by atoms with E-state index in [1.807, 2.05) is 18.2 Å². The van der Waals surface area contributed by atoms with Gasteiger partial charge in [-0.3, -0.25) is 0 Å². The van der Waals surface area contributed by atoms with E-state index in [0.717, 1.165) is 22.3 Å². The van der Waals surface area contributed by atoms with Gasteiger partial charge in [0.15, 0.2) is 0 Å². The highest BCUT2D eigenvalue weighted by molar-refractivity contribution is 6.60. The van der Waals surface area contributed by atoms with E-state index in [9.17, 15) is 10.0 Å². The van der Waals surface area contributed by atoms with Gasteiger partial charge in [0.25, 0.3) is 0 Å². The summed E-state index contributed by atoms with van der Waals surface area (Å²) in [5, 5.41) is 18.9. The fourth-order valence-electron chi connectivity index (χ4n) is 2.55. The Morgan fingerprint density at radius 1 is 0.889 bits per heavy atom. The maximum Gasteiger partial charge on any atom is 0.489 e. The van der Waals surface area contributed by atoms with E-state index in [-0.39, 0.29) is 0 Å². The minimum atomic E-state index is -1.44. The molecule has 2 rings (SSSR count). The molecule has 0 aromatic heterocycles. The van der Waals surface area contributed by atoms with Gasteiger partial charge in [-0.15, -0.1) is 0 Å². The van der Waals surface area contributed by atoms with Crippen LogP contribution in [0, 0.1) is 20.8 Å². The van der Waals surface area contributed by atoms with Gasteiger partial charge in [0.05, 0.1) is 0 Å². The minimum Gasteiger partial charge on any atom is -0.423 e.